The molecule has 3 fully saturated rings. The molecule has 0 bridgehead atoms. The Bertz CT molecular complexity index is 2590. The molecule has 3 aromatic heterocycles. The molecule has 0 radical (unpaired) electrons. The SMILES string of the molecule is COC(=O)N[C@H](C(=O)N1CCC[C@H]1c1nc2ccc(-c3ccc4cc(-c5cnc([C@@H]6CCCN6OC[C@H](NC(=O)OC6CCOCC6)c6ccccc6)[nH]5)ccc4n3)cc2[nH]1)C(C)C. The Morgan fingerprint density at radius 2 is 1.59 bits per heavy atom. The molecule has 9 rings (SSSR count). The van der Waals surface area contributed by atoms with E-state index in [-0.39, 0.29) is 36.6 Å². The van der Waals surface area contributed by atoms with E-state index in [4.69, 9.17) is 34.0 Å². The summed E-state index contributed by atoms with van der Waals surface area (Å²) in [5.74, 6) is 1.29. The molecule has 334 valence electrons. The maximum absolute atomic E-state index is 13.7. The minimum Gasteiger partial charge on any atom is -0.453 e. The van der Waals surface area contributed by atoms with Gasteiger partial charge in [-0.15, -0.1) is 0 Å². The molecule has 0 unspecified atom stereocenters. The Morgan fingerprint density at radius 3 is 2.41 bits per heavy atom. The first kappa shape index (κ1) is 42.9. The zero-order chi connectivity index (χ0) is 44.2. The van der Waals surface area contributed by atoms with Crippen molar-refractivity contribution in [2.45, 2.75) is 82.6 Å². The van der Waals surface area contributed by atoms with Crippen LogP contribution in [-0.2, 0) is 23.8 Å². The summed E-state index contributed by atoms with van der Waals surface area (Å²) >= 11 is 0. The number of carbonyl (C=O) groups is 3. The number of alkyl carbamates (subject to hydrolysis) is 2. The largest absolute Gasteiger partial charge is 0.453 e. The van der Waals surface area contributed by atoms with Crippen LogP contribution in [0.5, 0.6) is 0 Å². The molecule has 0 spiro atoms. The first-order valence-corrected chi connectivity index (χ1v) is 22.3. The third-order valence-corrected chi connectivity index (χ3v) is 12.5. The molecule has 3 saturated heterocycles. The molecular formula is C48H55N9O7. The van der Waals surface area contributed by atoms with Crippen LogP contribution in [0.2, 0.25) is 0 Å². The fraction of sp³-hybridized carbons (Fsp3) is 0.417. The van der Waals surface area contributed by atoms with Gasteiger partial charge >= 0.3 is 12.2 Å². The van der Waals surface area contributed by atoms with Gasteiger partial charge in [0.15, 0.2) is 0 Å². The Hall–Kier alpha value is -6.36. The van der Waals surface area contributed by atoms with E-state index >= 15 is 0 Å². The lowest BCUT2D eigenvalue weighted by atomic mass is 10.0. The smallest absolute Gasteiger partial charge is 0.407 e. The molecule has 6 heterocycles. The van der Waals surface area contributed by atoms with E-state index in [0.717, 1.165) is 93.9 Å². The Labute approximate surface area is 371 Å². The van der Waals surface area contributed by atoms with Crippen LogP contribution in [0.1, 0.15) is 87.7 Å². The third-order valence-electron chi connectivity index (χ3n) is 12.5. The van der Waals surface area contributed by atoms with Crippen LogP contribution in [0.25, 0.3) is 44.5 Å². The zero-order valence-electron chi connectivity index (χ0n) is 36.4. The third kappa shape index (κ3) is 9.44. The highest BCUT2D eigenvalue weighted by Gasteiger charge is 2.38. The van der Waals surface area contributed by atoms with Crippen LogP contribution in [0.15, 0.2) is 85.1 Å². The summed E-state index contributed by atoms with van der Waals surface area (Å²) < 4.78 is 15.9. The van der Waals surface area contributed by atoms with Crippen LogP contribution in [0.3, 0.4) is 0 Å². The average Bonchev–Trinajstić information content (AvgIpc) is 4.16. The molecular weight excluding hydrogens is 815 g/mol. The van der Waals surface area contributed by atoms with Gasteiger partial charge in [-0.1, -0.05) is 62.4 Å². The van der Waals surface area contributed by atoms with Gasteiger partial charge in [-0.2, -0.15) is 5.06 Å². The minimum absolute atomic E-state index is 0.0699. The standard InChI is InChI=1S/C48H55N9O7/c1-29(2)43(55-47(59)61-3)46(58)56-21-7-11-41(56)45-51-37-18-15-33(26-38(37)52-45)36-16-13-31-25-32(14-17-35(31)50-36)39-27-49-44(53-39)42-12-8-22-57(42)63-28-40(30-9-5-4-6-10-30)54-48(60)64-34-19-23-62-24-20-34/h4-6,9-10,13-18,25-27,29,34,40-43H,7-8,11-12,19-24,28H2,1-3H3,(H,49,53)(H,51,52)(H,54,60)(H,55,59)/t40-,41-,42-,43-/m0/s1. The number of H-pyrrole nitrogens is 2. The number of methoxy groups -OCH3 is 1. The highest BCUT2D eigenvalue weighted by Crippen LogP contribution is 2.35. The predicted molar refractivity (Wildman–Crippen MR) is 240 cm³/mol. The number of fused-ring (bicyclic) bond motifs is 2. The molecule has 6 aromatic rings. The number of aromatic amines is 2. The van der Waals surface area contributed by atoms with Gasteiger partial charge in [0.2, 0.25) is 5.91 Å². The van der Waals surface area contributed by atoms with E-state index in [2.05, 4.69) is 38.8 Å². The molecule has 4 N–H and O–H groups in total. The van der Waals surface area contributed by atoms with E-state index in [1.807, 2.05) is 90.7 Å². The highest BCUT2D eigenvalue weighted by molar-refractivity contribution is 5.88. The van der Waals surface area contributed by atoms with Crippen LogP contribution in [0, 0.1) is 5.92 Å². The number of pyridine rings is 1. The van der Waals surface area contributed by atoms with E-state index in [1.54, 1.807) is 0 Å². The van der Waals surface area contributed by atoms with Crippen molar-refractivity contribution in [2.24, 2.45) is 5.92 Å². The Kier molecular flexibility index (Phi) is 12.9. The number of ether oxygens (including phenoxy) is 3. The average molecular weight is 870 g/mol. The van der Waals surface area contributed by atoms with E-state index < -0.39 is 24.3 Å². The summed E-state index contributed by atoms with van der Waals surface area (Å²) in [6.45, 7) is 6.57. The van der Waals surface area contributed by atoms with Gasteiger partial charge in [-0.3, -0.25) is 9.63 Å². The maximum Gasteiger partial charge on any atom is 0.407 e. The second-order valence-corrected chi connectivity index (χ2v) is 17.1. The van der Waals surface area contributed by atoms with Crippen molar-refractivity contribution in [1.29, 1.82) is 0 Å². The molecule has 16 heteroatoms. The van der Waals surface area contributed by atoms with Gasteiger partial charge < -0.3 is 39.7 Å². The molecule has 3 aliphatic heterocycles. The molecule has 64 heavy (non-hydrogen) atoms. The normalized spacial score (nSPS) is 19.3. The van der Waals surface area contributed by atoms with Crippen molar-refractivity contribution in [2.75, 3.05) is 40.0 Å². The lowest BCUT2D eigenvalue weighted by Crippen LogP contribution is -2.51. The number of likely N-dealkylation sites (tertiary alicyclic amines) is 1. The van der Waals surface area contributed by atoms with Crippen LogP contribution in [0.4, 0.5) is 9.59 Å². The van der Waals surface area contributed by atoms with Gasteiger partial charge in [0, 0.05) is 42.4 Å². The Balaban J connectivity index is 0.859. The van der Waals surface area contributed by atoms with Gasteiger partial charge in [0.05, 0.1) is 79.2 Å². The zero-order valence-corrected chi connectivity index (χ0v) is 36.4. The number of benzene rings is 3. The van der Waals surface area contributed by atoms with E-state index in [0.29, 0.717) is 32.6 Å². The fourth-order valence-electron chi connectivity index (χ4n) is 9.01. The molecule has 3 amide bonds. The van der Waals surface area contributed by atoms with Crippen molar-refractivity contribution < 1.29 is 33.4 Å². The summed E-state index contributed by atoms with van der Waals surface area (Å²) in [5, 5.41) is 8.71. The number of rotatable bonds is 13. The predicted octanol–water partition coefficient (Wildman–Crippen LogP) is 7.93. The second-order valence-electron chi connectivity index (χ2n) is 17.1. The second kappa shape index (κ2) is 19.2. The molecule has 0 aliphatic carbocycles. The topological polar surface area (TPSA) is 189 Å². The lowest BCUT2D eigenvalue weighted by Gasteiger charge is -2.29. The number of hydroxylamine groups is 2. The molecule has 0 saturated carbocycles. The van der Waals surface area contributed by atoms with E-state index in [9.17, 15) is 14.4 Å². The highest BCUT2D eigenvalue weighted by atomic mass is 16.7. The van der Waals surface area contributed by atoms with Crippen molar-refractivity contribution >= 4 is 40.0 Å². The molecule has 3 aliphatic rings. The van der Waals surface area contributed by atoms with Crippen molar-refractivity contribution in [3.05, 3.63) is 102 Å². The number of nitrogens with one attached hydrogen (secondary N) is 4. The van der Waals surface area contributed by atoms with Crippen LogP contribution >= 0.6 is 0 Å². The quantitative estimate of drug-likeness (QED) is 0.0883. The number of imidazole rings is 2. The van der Waals surface area contributed by atoms with Crippen LogP contribution in [-0.4, -0.2) is 105 Å². The van der Waals surface area contributed by atoms with Gasteiger partial charge in [0.1, 0.15) is 23.8 Å². The number of carbonyl (C=O) groups excluding carboxylic acids is 3. The van der Waals surface area contributed by atoms with E-state index in [1.165, 1.54) is 7.11 Å². The molecule has 4 atom stereocenters. The number of nitrogens with zero attached hydrogens (tertiary/aromatic N) is 5. The van der Waals surface area contributed by atoms with Gasteiger partial charge in [-0.25, -0.2) is 24.5 Å². The monoisotopic (exact) mass is 869 g/mol. The minimum atomic E-state index is -0.698. The van der Waals surface area contributed by atoms with Crippen LogP contribution < -0.4 is 10.6 Å². The summed E-state index contributed by atoms with van der Waals surface area (Å²) in [6, 6.07) is 24.8. The summed E-state index contributed by atoms with van der Waals surface area (Å²) in [6.07, 6.45) is 5.46. The first-order valence-electron chi connectivity index (χ1n) is 22.3. The summed E-state index contributed by atoms with van der Waals surface area (Å²) in [5.41, 5.74) is 7.12. The maximum atomic E-state index is 13.7. The summed E-state index contributed by atoms with van der Waals surface area (Å²) in [7, 11) is 1.29. The van der Waals surface area contributed by atoms with Crippen molar-refractivity contribution in [3.63, 3.8) is 0 Å². The number of hydrogen-bond donors (Lipinski definition) is 4. The van der Waals surface area contributed by atoms with Gasteiger partial charge in [0.25, 0.3) is 0 Å². The van der Waals surface area contributed by atoms with Crippen molar-refractivity contribution in [3.8, 4) is 22.5 Å². The fourth-order valence-corrected chi connectivity index (χ4v) is 9.01. The molecule has 3 aromatic carbocycles. The number of hydrogen-bond acceptors (Lipinski definition) is 11. The van der Waals surface area contributed by atoms with Crippen molar-refractivity contribution in [1.82, 2.24) is 45.5 Å². The number of aromatic nitrogens is 5. The molecule has 16 nitrogen and oxygen atoms in total. The lowest BCUT2D eigenvalue weighted by molar-refractivity contribution is -0.177. The first-order chi connectivity index (χ1) is 31.2. The summed E-state index contributed by atoms with van der Waals surface area (Å²) in [4.78, 5) is 68.7. The Morgan fingerprint density at radius 1 is 0.812 bits per heavy atom. The number of amides is 3. The van der Waals surface area contributed by atoms with Gasteiger partial charge in [-0.05, 0) is 67.5 Å².